The Morgan fingerprint density at radius 2 is 1.29 bits per heavy atom. The van der Waals surface area contributed by atoms with E-state index >= 15 is 0 Å². The minimum Gasteiger partial charge on any atom is -0.656 e. The second-order valence-electron chi connectivity index (χ2n) is 18.1. The number of nitrogens with zero attached hydrogens (tertiary/aromatic N) is 5. The van der Waals surface area contributed by atoms with Gasteiger partial charge < -0.3 is 18.4 Å². The molecule has 8 aromatic carbocycles. The van der Waals surface area contributed by atoms with Gasteiger partial charge in [0.1, 0.15) is 33.9 Å². The summed E-state index contributed by atoms with van der Waals surface area (Å²) in [6.45, 7) is 6.77. The summed E-state index contributed by atoms with van der Waals surface area (Å²) < 4.78 is 17.8. The molecule has 0 N–H and O–H groups in total. The second kappa shape index (κ2) is 14.1. The monoisotopic (exact) mass is 1030 g/mol. The number of hydrogen-bond acceptors (Lipinski definition) is 4. The Bertz CT molecular complexity index is 4290. The minimum absolute atomic E-state index is 0. The third kappa shape index (κ3) is 5.53. The van der Waals surface area contributed by atoms with Crippen molar-refractivity contribution in [1.29, 1.82) is 0 Å². The SMILES string of the molecule is CC(C)(C)c1ccc2c3ccc(-c4cc5c6ccccc6oc5c5c4nc(-c4cccc6c4[n-]c4ccccc46)n5-c4ccc5oc6ccccc6c5c4)[c-]c3n(-c3ccccn3)c2c1.[Pt+2]. The molecule has 0 aliphatic carbocycles. The van der Waals surface area contributed by atoms with Gasteiger partial charge in [0.15, 0.2) is 5.58 Å². The second-order valence-corrected chi connectivity index (χ2v) is 18.1. The maximum atomic E-state index is 6.95. The van der Waals surface area contributed by atoms with Gasteiger partial charge in [-0.3, -0.25) is 4.57 Å². The zero-order chi connectivity index (χ0) is 43.1. The van der Waals surface area contributed by atoms with Crippen LogP contribution in [0.2, 0.25) is 0 Å². The van der Waals surface area contributed by atoms with Crippen LogP contribution in [0.4, 0.5) is 0 Å². The first-order valence-corrected chi connectivity index (χ1v) is 22.0. The topological polar surface area (TPSA) is 76.0 Å². The van der Waals surface area contributed by atoms with Gasteiger partial charge in [0.25, 0.3) is 0 Å². The minimum atomic E-state index is -0.0381. The first-order chi connectivity index (χ1) is 31.9. The molecule has 6 aromatic heterocycles. The number of imidazole rings is 1. The van der Waals surface area contributed by atoms with Crippen LogP contribution in [0, 0.1) is 6.07 Å². The van der Waals surface area contributed by atoms with E-state index in [1.807, 2.05) is 48.7 Å². The largest absolute Gasteiger partial charge is 2.00 e. The number of benzene rings is 8. The van der Waals surface area contributed by atoms with E-state index in [1.165, 1.54) is 5.56 Å². The molecule has 0 spiro atoms. The average Bonchev–Trinajstić information content (AvgIpc) is 4.16. The molecule has 0 aliphatic heterocycles. The maximum Gasteiger partial charge on any atom is 2.00 e. The Balaban J connectivity index is 0.00000435. The van der Waals surface area contributed by atoms with Gasteiger partial charge in [-0.05, 0) is 81.2 Å². The van der Waals surface area contributed by atoms with Crippen LogP contribution in [0.1, 0.15) is 26.3 Å². The van der Waals surface area contributed by atoms with E-state index in [2.05, 4.69) is 157 Å². The molecular formula is C58H37N5O2Pt. The van der Waals surface area contributed by atoms with E-state index in [0.717, 1.165) is 133 Å². The third-order valence-corrected chi connectivity index (χ3v) is 13.3. The molecule has 14 rings (SSSR count). The van der Waals surface area contributed by atoms with Crippen molar-refractivity contribution in [3.63, 3.8) is 0 Å². The van der Waals surface area contributed by atoms with E-state index in [4.69, 9.17) is 23.8 Å². The Kier molecular flexibility index (Phi) is 8.29. The predicted molar refractivity (Wildman–Crippen MR) is 264 cm³/mol. The Hall–Kier alpha value is -7.73. The van der Waals surface area contributed by atoms with Crippen LogP contribution in [-0.4, -0.2) is 19.1 Å². The van der Waals surface area contributed by atoms with Gasteiger partial charge in [-0.25, -0.2) is 9.97 Å². The van der Waals surface area contributed by atoms with Gasteiger partial charge in [-0.1, -0.05) is 135 Å². The van der Waals surface area contributed by atoms with Crippen molar-refractivity contribution >= 4 is 98.5 Å². The molecule has 0 aliphatic rings. The molecule has 66 heavy (non-hydrogen) atoms. The molecule has 0 saturated heterocycles. The summed E-state index contributed by atoms with van der Waals surface area (Å²) in [7, 11) is 0. The van der Waals surface area contributed by atoms with Gasteiger partial charge in [0.2, 0.25) is 0 Å². The number of rotatable bonds is 4. The molecule has 7 nitrogen and oxygen atoms in total. The van der Waals surface area contributed by atoms with Crippen molar-refractivity contribution < 1.29 is 29.9 Å². The van der Waals surface area contributed by atoms with Gasteiger partial charge in [-0.2, -0.15) is 0 Å². The molecule has 316 valence electrons. The molecule has 0 atom stereocenters. The van der Waals surface area contributed by atoms with Crippen LogP contribution in [0.25, 0.3) is 133 Å². The van der Waals surface area contributed by atoms with Crippen molar-refractivity contribution in [3.05, 3.63) is 182 Å². The molecule has 0 fully saturated rings. The third-order valence-electron chi connectivity index (χ3n) is 13.3. The summed E-state index contributed by atoms with van der Waals surface area (Å²) in [5, 5.41) is 8.55. The van der Waals surface area contributed by atoms with Crippen LogP contribution < -0.4 is 4.98 Å². The number of hydrogen-bond donors (Lipinski definition) is 0. The molecule has 6 heterocycles. The van der Waals surface area contributed by atoms with E-state index in [-0.39, 0.29) is 26.5 Å². The smallest absolute Gasteiger partial charge is 0.656 e. The van der Waals surface area contributed by atoms with E-state index in [9.17, 15) is 0 Å². The van der Waals surface area contributed by atoms with E-state index < -0.39 is 0 Å². The van der Waals surface area contributed by atoms with E-state index in [0.29, 0.717) is 0 Å². The molecule has 8 heteroatoms. The van der Waals surface area contributed by atoms with Crippen molar-refractivity contribution in [1.82, 2.24) is 24.1 Å². The van der Waals surface area contributed by atoms with Gasteiger partial charge in [-0.15, -0.1) is 34.8 Å². The molecule has 0 unspecified atom stereocenters. The molecule has 14 aromatic rings. The van der Waals surface area contributed by atoms with Gasteiger partial charge >= 0.3 is 21.1 Å². The average molecular weight is 1030 g/mol. The molecular weight excluding hydrogens is 994 g/mol. The summed E-state index contributed by atoms with van der Waals surface area (Å²) in [4.78, 5) is 15.9. The van der Waals surface area contributed by atoms with E-state index in [1.54, 1.807) is 0 Å². The van der Waals surface area contributed by atoms with Crippen molar-refractivity contribution in [2.24, 2.45) is 0 Å². The quantitative estimate of drug-likeness (QED) is 0.164. The normalized spacial score (nSPS) is 12.3. The van der Waals surface area contributed by atoms with Crippen LogP contribution in [0.3, 0.4) is 0 Å². The number of aromatic nitrogens is 5. The van der Waals surface area contributed by atoms with Crippen molar-refractivity contribution in [2.45, 2.75) is 26.2 Å². The number of fused-ring (bicyclic) bond motifs is 14. The summed E-state index contributed by atoms with van der Waals surface area (Å²) in [6, 6.07) is 61.2. The van der Waals surface area contributed by atoms with Crippen LogP contribution in [-0.2, 0) is 26.5 Å². The van der Waals surface area contributed by atoms with Crippen molar-refractivity contribution in [2.75, 3.05) is 0 Å². The zero-order valence-electron chi connectivity index (χ0n) is 36.0. The Morgan fingerprint density at radius 3 is 2.11 bits per heavy atom. The zero-order valence-corrected chi connectivity index (χ0v) is 38.3. The summed E-state index contributed by atoms with van der Waals surface area (Å²) in [6.07, 6.45) is 1.86. The fraction of sp³-hybridized carbons (Fsp3) is 0.0690. The van der Waals surface area contributed by atoms with Gasteiger partial charge in [0.05, 0.1) is 5.52 Å². The first kappa shape index (κ1) is 38.7. The van der Waals surface area contributed by atoms with Crippen LogP contribution >= 0.6 is 0 Å². The fourth-order valence-electron chi connectivity index (χ4n) is 10.2. The van der Waals surface area contributed by atoms with Crippen LogP contribution in [0.5, 0.6) is 0 Å². The number of para-hydroxylation sites is 4. The summed E-state index contributed by atoms with van der Waals surface area (Å²) in [5.41, 5.74) is 13.7. The number of furan rings is 2. The Labute approximate surface area is 392 Å². The molecule has 0 saturated carbocycles. The molecule has 0 radical (unpaired) electrons. The molecule has 0 amide bonds. The van der Waals surface area contributed by atoms with Crippen molar-refractivity contribution in [3.8, 4) is 34.0 Å². The first-order valence-electron chi connectivity index (χ1n) is 22.0. The molecule has 0 bridgehead atoms. The predicted octanol–water partition coefficient (Wildman–Crippen LogP) is 15.0. The Morgan fingerprint density at radius 1 is 0.561 bits per heavy atom. The standard InChI is InChI=1S/C58H37N5O2.Pt/c1-58(2,3)34-23-26-38-37-25-22-33(29-47(37)63(48(38)30-34)52-21-10-11-28-59-52)43-32-45-40-15-6-9-20-50(40)65-56(45)55-54(43)61-57(42-17-12-16-41-36-13-4-7-18-46(36)60-53(41)42)62(55)35-24-27-51-44(31-35)39-14-5-8-19-49(39)64-51;/h4-28,30-32H,1-3H3;/q-2;+2. The summed E-state index contributed by atoms with van der Waals surface area (Å²) in [5.74, 6) is 1.60. The fourth-order valence-corrected chi connectivity index (χ4v) is 10.2. The van der Waals surface area contributed by atoms with Crippen LogP contribution in [0.15, 0.2) is 179 Å². The summed E-state index contributed by atoms with van der Waals surface area (Å²) >= 11 is 0. The van der Waals surface area contributed by atoms with Gasteiger partial charge in [0, 0.05) is 44.5 Å². The maximum absolute atomic E-state index is 6.95. The number of pyridine rings is 1.